The lowest BCUT2D eigenvalue weighted by atomic mass is 9.87. The maximum absolute atomic E-state index is 13.0. The average Bonchev–Trinajstić information content (AvgIpc) is 3.12. The SMILES string of the molecule is CCc1cnc(N2CCN(C(=O)c3ccc(C4(CC)NC(=O)NC4=O)cc3)CC2)c(C)c1. The van der Waals surface area contributed by atoms with Crippen molar-refractivity contribution in [2.24, 2.45) is 0 Å². The highest BCUT2D eigenvalue weighted by molar-refractivity contribution is 6.07. The van der Waals surface area contributed by atoms with Crippen LogP contribution in [0.1, 0.15) is 47.3 Å². The van der Waals surface area contributed by atoms with E-state index in [2.05, 4.69) is 40.4 Å². The van der Waals surface area contributed by atoms with E-state index < -0.39 is 11.6 Å². The largest absolute Gasteiger partial charge is 0.353 e. The minimum absolute atomic E-state index is 0.0346. The van der Waals surface area contributed by atoms with Gasteiger partial charge in [-0.3, -0.25) is 14.9 Å². The standard InChI is InChI=1S/C24H29N5O3/c1-4-17-14-16(3)20(25-15-17)28-10-12-29(13-11-28)21(30)18-6-8-19(9-7-18)24(5-2)22(31)26-23(32)27-24/h6-9,14-15H,4-5,10-13H2,1-3H3,(H2,26,27,31,32). The van der Waals surface area contributed by atoms with Crippen molar-refractivity contribution < 1.29 is 14.4 Å². The van der Waals surface area contributed by atoms with E-state index in [4.69, 9.17) is 0 Å². The number of pyridine rings is 1. The summed E-state index contributed by atoms with van der Waals surface area (Å²) in [5, 5.41) is 5.02. The van der Waals surface area contributed by atoms with Crippen molar-refractivity contribution in [2.75, 3.05) is 31.1 Å². The Kier molecular flexibility index (Phi) is 5.86. The fraction of sp³-hybridized carbons (Fsp3) is 0.417. The van der Waals surface area contributed by atoms with Crippen LogP contribution >= 0.6 is 0 Å². The van der Waals surface area contributed by atoms with Gasteiger partial charge in [0, 0.05) is 37.9 Å². The lowest BCUT2D eigenvalue weighted by Gasteiger charge is -2.36. The Morgan fingerprint density at radius 3 is 2.31 bits per heavy atom. The summed E-state index contributed by atoms with van der Waals surface area (Å²) in [6, 6.07) is 8.64. The van der Waals surface area contributed by atoms with Crippen LogP contribution < -0.4 is 15.5 Å². The molecule has 1 aromatic carbocycles. The van der Waals surface area contributed by atoms with E-state index in [-0.39, 0.29) is 11.8 Å². The lowest BCUT2D eigenvalue weighted by Crippen LogP contribution is -2.49. The second-order valence-corrected chi connectivity index (χ2v) is 8.36. The molecule has 0 saturated carbocycles. The average molecular weight is 436 g/mol. The van der Waals surface area contributed by atoms with Gasteiger partial charge in [0.2, 0.25) is 0 Å². The minimum Gasteiger partial charge on any atom is -0.353 e. The number of aromatic nitrogens is 1. The maximum Gasteiger partial charge on any atom is 0.322 e. The number of hydrogen-bond acceptors (Lipinski definition) is 5. The first kappa shape index (κ1) is 21.8. The fourth-order valence-electron chi connectivity index (χ4n) is 4.50. The van der Waals surface area contributed by atoms with Crippen molar-refractivity contribution >= 4 is 23.7 Å². The van der Waals surface area contributed by atoms with E-state index in [1.807, 2.05) is 18.0 Å². The molecule has 0 spiro atoms. The molecule has 4 rings (SSSR count). The van der Waals surface area contributed by atoms with Gasteiger partial charge in [0.15, 0.2) is 0 Å². The predicted molar refractivity (Wildman–Crippen MR) is 122 cm³/mol. The molecule has 2 fully saturated rings. The zero-order valence-corrected chi connectivity index (χ0v) is 18.8. The Balaban J connectivity index is 1.42. The van der Waals surface area contributed by atoms with Gasteiger partial charge in [0.05, 0.1) is 0 Å². The van der Waals surface area contributed by atoms with Crippen molar-refractivity contribution in [3.63, 3.8) is 0 Å². The molecular formula is C24H29N5O3. The number of benzene rings is 1. The van der Waals surface area contributed by atoms with Crippen LogP contribution in [0, 0.1) is 6.92 Å². The highest BCUT2D eigenvalue weighted by atomic mass is 16.2. The van der Waals surface area contributed by atoms with Crippen molar-refractivity contribution in [2.45, 2.75) is 39.2 Å². The van der Waals surface area contributed by atoms with Gasteiger partial charge >= 0.3 is 6.03 Å². The van der Waals surface area contributed by atoms with E-state index >= 15 is 0 Å². The Labute approximate surface area is 188 Å². The minimum atomic E-state index is -1.08. The molecule has 32 heavy (non-hydrogen) atoms. The Bertz CT molecular complexity index is 1040. The zero-order chi connectivity index (χ0) is 22.9. The van der Waals surface area contributed by atoms with Gasteiger partial charge in [0.1, 0.15) is 11.4 Å². The molecule has 8 nitrogen and oxygen atoms in total. The molecule has 8 heteroatoms. The van der Waals surface area contributed by atoms with Crippen LogP contribution in [0.15, 0.2) is 36.5 Å². The van der Waals surface area contributed by atoms with Crippen molar-refractivity contribution in [3.8, 4) is 0 Å². The second kappa shape index (κ2) is 8.61. The third-order valence-electron chi connectivity index (χ3n) is 6.48. The third-order valence-corrected chi connectivity index (χ3v) is 6.48. The first-order valence-electron chi connectivity index (χ1n) is 11.1. The summed E-state index contributed by atoms with van der Waals surface area (Å²) in [6.07, 6.45) is 3.32. The van der Waals surface area contributed by atoms with Crippen LogP contribution in [0.5, 0.6) is 0 Å². The highest BCUT2D eigenvalue weighted by Gasteiger charge is 2.46. The van der Waals surface area contributed by atoms with E-state index in [0.717, 1.165) is 30.9 Å². The lowest BCUT2D eigenvalue weighted by molar-refractivity contribution is -0.124. The number of nitrogens with zero attached hydrogens (tertiary/aromatic N) is 3. The molecule has 1 aromatic heterocycles. The summed E-state index contributed by atoms with van der Waals surface area (Å²) in [6.45, 7) is 8.74. The van der Waals surface area contributed by atoms with Crippen LogP contribution in [0.25, 0.3) is 0 Å². The van der Waals surface area contributed by atoms with Gasteiger partial charge in [0.25, 0.3) is 11.8 Å². The Morgan fingerprint density at radius 1 is 1.09 bits per heavy atom. The van der Waals surface area contributed by atoms with Crippen LogP contribution in [0.3, 0.4) is 0 Å². The summed E-state index contributed by atoms with van der Waals surface area (Å²) in [4.78, 5) is 45.7. The molecule has 2 saturated heterocycles. The summed E-state index contributed by atoms with van der Waals surface area (Å²) in [5.74, 6) is 0.587. The van der Waals surface area contributed by atoms with Crippen molar-refractivity contribution in [1.82, 2.24) is 20.5 Å². The van der Waals surface area contributed by atoms with Gasteiger partial charge in [-0.05, 0) is 48.6 Å². The van der Waals surface area contributed by atoms with Crippen molar-refractivity contribution in [3.05, 3.63) is 58.8 Å². The molecular weight excluding hydrogens is 406 g/mol. The number of carbonyl (C=O) groups excluding carboxylic acids is 3. The van der Waals surface area contributed by atoms with E-state index in [1.54, 1.807) is 24.3 Å². The first-order chi connectivity index (χ1) is 15.4. The zero-order valence-electron chi connectivity index (χ0n) is 18.8. The maximum atomic E-state index is 13.0. The number of anilines is 1. The molecule has 1 unspecified atom stereocenters. The summed E-state index contributed by atoms with van der Waals surface area (Å²) in [5.41, 5.74) is 2.54. The molecule has 4 amide bonds. The van der Waals surface area contributed by atoms with Gasteiger partial charge in [-0.15, -0.1) is 0 Å². The van der Waals surface area contributed by atoms with Gasteiger partial charge in [-0.2, -0.15) is 0 Å². The molecule has 2 aliphatic heterocycles. The smallest absolute Gasteiger partial charge is 0.322 e. The number of rotatable bonds is 5. The predicted octanol–water partition coefficient (Wildman–Crippen LogP) is 2.36. The summed E-state index contributed by atoms with van der Waals surface area (Å²) >= 11 is 0. The van der Waals surface area contributed by atoms with E-state index in [1.165, 1.54) is 5.56 Å². The normalized spacial score (nSPS) is 20.8. The molecule has 2 aliphatic rings. The molecule has 2 aromatic rings. The van der Waals surface area contributed by atoms with Crippen LogP contribution in [-0.4, -0.2) is 53.9 Å². The second-order valence-electron chi connectivity index (χ2n) is 8.36. The summed E-state index contributed by atoms with van der Waals surface area (Å²) in [7, 11) is 0. The number of aryl methyl sites for hydroxylation is 2. The van der Waals surface area contributed by atoms with Crippen LogP contribution in [0.4, 0.5) is 10.6 Å². The quantitative estimate of drug-likeness (QED) is 0.703. The highest BCUT2D eigenvalue weighted by Crippen LogP contribution is 2.29. The molecule has 0 radical (unpaired) electrons. The number of imide groups is 1. The van der Waals surface area contributed by atoms with Crippen LogP contribution in [-0.2, 0) is 16.8 Å². The van der Waals surface area contributed by atoms with Gasteiger partial charge < -0.3 is 15.1 Å². The molecule has 3 heterocycles. The van der Waals surface area contributed by atoms with Crippen LogP contribution in [0.2, 0.25) is 0 Å². The third kappa shape index (κ3) is 3.81. The number of hydrogen-bond donors (Lipinski definition) is 2. The Hall–Kier alpha value is -3.42. The monoisotopic (exact) mass is 435 g/mol. The number of nitrogens with one attached hydrogen (secondary N) is 2. The van der Waals surface area contributed by atoms with Gasteiger partial charge in [-0.1, -0.05) is 32.0 Å². The number of piperazine rings is 1. The van der Waals surface area contributed by atoms with E-state index in [9.17, 15) is 14.4 Å². The molecule has 0 bridgehead atoms. The molecule has 1 atom stereocenters. The first-order valence-corrected chi connectivity index (χ1v) is 11.1. The van der Waals surface area contributed by atoms with E-state index in [0.29, 0.717) is 30.6 Å². The van der Waals surface area contributed by atoms with Gasteiger partial charge in [-0.25, -0.2) is 9.78 Å². The molecule has 0 aliphatic carbocycles. The Morgan fingerprint density at radius 2 is 1.78 bits per heavy atom. The fourth-order valence-corrected chi connectivity index (χ4v) is 4.50. The van der Waals surface area contributed by atoms with Crippen molar-refractivity contribution in [1.29, 1.82) is 0 Å². The molecule has 168 valence electrons. The number of carbonyl (C=O) groups is 3. The summed E-state index contributed by atoms with van der Waals surface area (Å²) < 4.78 is 0. The number of urea groups is 1. The molecule has 2 N–H and O–H groups in total. The number of amides is 4. The topological polar surface area (TPSA) is 94.6 Å².